The Balaban J connectivity index is 2.16. The average molecular weight is 225 g/mol. The van der Waals surface area contributed by atoms with Crippen LogP contribution in [0.1, 0.15) is 11.1 Å². The fraction of sp³-hybridized carbons (Fsp3) is 0.133. The molecule has 2 nitrogen and oxygen atoms in total. The summed E-state index contributed by atoms with van der Waals surface area (Å²) in [6, 6.07) is 16.0. The van der Waals surface area contributed by atoms with Gasteiger partial charge in [0, 0.05) is 12.3 Å². The van der Waals surface area contributed by atoms with Gasteiger partial charge in [0.05, 0.1) is 12.8 Å². The predicted molar refractivity (Wildman–Crippen MR) is 71.4 cm³/mol. The normalized spacial score (nSPS) is 10.7. The summed E-state index contributed by atoms with van der Waals surface area (Å²) in [7, 11) is 1.66. The Morgan fingerprint density at radius 3 is 2.53 bits per heavy atom. The van der Waals surface area contributed by atoms with E-state index in [2.05, 4.69) is 36.2 Å². The van der Waals surface area contributed by atoms with E-state index in [0.717, 1.165) is 17.0 Å². The second kappa shape index (κ2) is 5.30. The summed E-state index contributed by atoms with van der Waals surface area (Å²) in [4.78, 5) is 4.41. The highest BCUT2D eigenvalue weighted by Gasteiger charge is 1.92. The molecule has 0 atom stereocenters. The topological polar surface area (TPSA) is 21.6 Å². The van der Waals surface area contributed by atoms with Crippen LogP contribution in [0, 0.1) is 6.92 Å². The maximum absolute atomic E-state index is 5.15. The molecule has 0 aromatic heterocycles. The third-order valence-corrected chi connectivity index (χ3v) is 2.49. The zero-order valence-corrected chi connectivity index (χ0v) is 10.1. The van der Waals surface area contributed by atoms with Crippen molar-refractivity contribution in [1.29, 1.82) is 0 Å². The maximum atomic E-state index is 5.15. The number of ether oxygens (including phenoxy) is 1. The molecule has 2 heteroatoms. The first-order valence-electron chi connectivity index (χ1n) is 5.53. The Hall–Kier alpha value is -2.09. The highest BCUT2D eigenvalue weighted by molar-refractivity contribution is 5.82. The molecule has 0 N–H and O–H groups in total. The molecule has 86 valence electrons. The molecule has 0 unspecified atom stereocenters. The maximum Gasteiger partial charge on any atom is 0.121 e. The van der Waals surface area contributed by atoms with Gasteiger partial charge in [-0.15, -0.1) is 0 Å². The summed E-state index contributed by atoms with van der Waals surface area (Å²) in [5.41, 5.74) is 3.24. The van der Waals surface area contributed by atoms with Gasteiger partial charge in [-0.3, -0.25) is 4.99 Å². The minimum Gasteiger partial charge on any atom is -0.497 e. The van der Waals surface area contributed by atoms with Crippen LogP contribution < -0.4 is 4.74 Å². The van der Waals surface area contributed by atoms with Crippen molar-refractivity contribution in [2.24, 2.45) is 4.99 Å². The van der Waals surface area contributed by atoms with Crippen LogP contribution in [0.2, 0.25) is 0 Å². The molecular formula is C15H15NO. The van der Waals surface area contributed by atoms with Crippen molar-refractivity contribution < 1.29 is 4.74 Å². The number of rotatable bonds is 3. The van der Waals surface area contributed by atoms with Crippen LogP contribution in [0.15, 0.2) is 53.5 Å². The third-order valence-electron chi connectivity index (χ3n) is 2.49. The van der Waals surface area contributed by atoms with E-state index >= 15 is 0 Å². The van der Waals surface area contributed by atoms with Gasteiger partial charge in [-0.2, -0.15) is 0 Å². The monoisotopic (exact) mass is 225 g/mol. The van der Waals surface area contributed by atoms with Crippen LogP contribution in [-0.4, -0.2) is 13.3 Å². The van der Waals surface area contributed by atoms with Gasteiger partial charge >= 0.3 is 0 Å². The summed E-state index contributed by atoms with van der Waals surface area (Å²) < 4.78 is 5.15. The largest absolute Gasteiger partial charge is 0.497 e. The van der Waals surface area contributed by atoms with Gasteiger partial charge in [-0.05, 0) is 24.6 Å². The van der Waals surface area contributed by atoms with E-state index < -0.39 is 0 Å². The van der Waals surface area contributed by atoms with Crippen LogP contribution in [0.3, 0.4) is 0 Å². The van der Waals surface area contributed by atoms with Crippen LogP contribution in [0.5, 0.6) is 5.75 Å². The molecule has 0 saturated heterocycles. The van der Waals surface area contributed by atoms with E-state index in [1.54, 1.807) is 7.11 Å². The van der Waals surface area contributed by atoms with Gasteiger partial charge in [0.2, 0.25) is 0 Å². The molecule has 0 aliphatic rings. The summed E-state index contributed by atoms with van der Waals surface area (Å²) in [6.07, 6.45) is 1.86. The van der Waals surface area contributed by atoms with E-state index in [9.17, 15) is 0 Å². The van der Waals surface area contributed by atoms with Crippen molar-refractivity contribution in [2.45, 2.75) is 6.92 Å². The summed E-state index contributed by atoms with van der Waals surface area (Å²) in [5.74, 6) is 0.823. The third kappa shape index (κ3) is 3.18. The Kier molecular flexibility index (Phi) is 3.55. The fourth-order valence-corrected chi connectivity index (χ4v) is 1.49. The molecule has 17 heavy (non-hydrogen) atoms. The van der Waals surface area contributed by atoms with Crippen LogP contribution in [-0.2, 0) is 0 Å². The molecule has 0 spiro atoms. The average Bonchev–Trinajstić information content (AvgIpc) is 2.38. The van der Waals surface area contributed by atoms with Crippen LogP contribution in [0.4, 0.5) is 5.69 Å². The first kappa shape index (κ1) is 11.4. The number of methoxy groups -OCH3 is 1. The summed E-state index contributed by atoms with van der Waals surface area (Å²) in [6.45, 7) is 2.07. The molecule has 2 rings (SSSR count). The minimum absolute atomic E-state index is 0.823. The van der Waals surface area contributed by atoms with Gasteiger partial charge < -0.3 is 4.74 Å². The molecule has 0 fully saturated rings. The second-order valence-electron chi connectivity index (χ2n) is 3.87. The van der Waals surface area contributed by atoms with Gasteiger partial charge in [-0.1, -0.05) is 35.9 Å². The SMILES string of the molecule is COc1cccc(N=Cc2ccc(C)cc2)c1. The molecule has 0 amide bonds. The quantitative estimate of drug-likeness (QED) is 0.729. The molecule has 0 saturated carbocycles. The standard InChI is InChI=1S/C15H15NO/c1-12-6-8-13(9-7-12)11-16-14-4-3-5-15(10-14)17-2/h3-11H,1-2H3. The highest BCUT2D eigenvalue weighted by Crippen LogP contribution is 2.19. The molecule has 0 heterocycles. The fourth-order valence-electron chi connectivity index (χ4n) is 1.49. The van der Waals surface area contributed by atoms with Gasteiger partial charge in [0.15, 0.2) is 0 Å². The van der Waals surface area contributed by atoms with Crippen molar-refractivity contribution in [3.8, 4) is 5.75 Å². The Labute approximate surface area is 102 Å². The second-order valence-corrected chi connectivity index (χ2v) is 3.87. The Morgan fingerprint density at radius 1 is 1.06 bits per heavy atom. The smallest absolute Gasteiger partial charge is 0.121 e. The number of nitrogens with zero attached hydrogens (tertiary/aromatic N) is 1. The first-order chi connectivity index (χ1) is 8.28. The Bertz CT molecular complexity index is 515. The number of hydrogen-bond donors (Lipinski definition) is 0. The molecular weight excluding hydrogens is 210 g/mol. The van der Waals surface area contributed by atoms with Crippen molar-refractivity contribution >= 4 is 11.9 Å². The zero-order chi connectivity index (χ0) is 12.1. The number of aliphatic imine (C=N–C) groups is 1. The van der Waals surface area contributed by atoms with Gasteiger partial charge in [-0.25, -0.2) is 0 Å². The zero-order valence-electron chi connectivity index (χ0n) is 10.1. The lowest BCUT2D eigenvalue weighted by Gasteiger charge is -1.99. The van der Waals surface area contributed by atoms with Gasteiger partial charge in [0.25, 0.3) is 0 Å². The molecule has 2 aromatic rings. The molecule has 0 bridgehead atoms. The lowest BCUT2D eigenvalue weighted by molar-refractivity contribution is 0.415. The molecule has 2 aromatic carbocycles. The van der Waals surface area contributed by atoms with Crippen LogP contribution >= 0.6 is 0 Å². The van der Waals surface area contributed by atoms with Crippen molar-refractivity contribution in [3.05, 3.63) is 59.7 Å². The van der Waals surface area contributed by atoms with Crippen LogP contribution in [0.25, 0.3) is 0 Å². The lowest BCUT2D eigenvalue weighted by Crippen LogP contribution is -1.82. The van der Waals surface area contributed by atoms with E-state index in [1.807, 2.05) is 30.5 Å². The first-order valence-corrected chi connectivity index (χ1v) is 5.53. The summed E-state index contributed by atoms with van der Waals surface area (Å²) in [5, 5.41) is 0. The molecule has 0 radical (unpaired) electrons. The lowest BCUT2D eigenvalue weighted by atomic mass is 10.2. The minimum atomic E-state index is 0.823. The predicted octanol–water partition coefficient (Wildman–Crippen LogP) is 3.75. The highest BCUT2D eigenvalue weighted by atomic mass is 16.5. The van der Waals surface area contributed by atoms with Crippen molar-refractivity contribution in [1.82, 2.24) is 0 Å². The number of benzene rings is 2. The van der Waals surface area contributed by atoms with E-state index in [-0.39, 0.29) is 0 Å². The van der Waals surface area contributed by atoms with Gasteiger partial charge in [0.1, 0.15) is 5.75 Å². The van der Waals surface area contributed by atoms with Crippen molar-refractivity contribution in [3.63, 3.8) is 0 Å². The molecule has 0 aliphatic heterocycles. The number of aryl methyl sites for hydroxylation is 1. The van der Waals surface area contributed by atoms with Crippen molar-refractivity contribution in [2.75, 3.05) is 7.11 Å². The van der Waals surface area contributed by atoms with E-state index in [1.165, 1.54) is 5.56 Å². The van der Waals surface area contributed by atoms with E-state index in [4.69, 9.17) is 4.74 Å². The van der Waals surface area contributed by atoms with E-state index in [0.29, 0.717) is 0 Å². The molecule has 0 aliphatic carbocycles. The summed E-state index contributed by atoms with van der Waals surface area (Å²) >= 11 is 0. The Morgan fingerprint density at radius 2 is 1.82 bits per heavy atom. The number of hydrogen-bond acceptors (Lipinski definition) is 2.